The van der Waals surface area contributed by atoms with Gasteiger partial charge in [-0.2, -0.15) is 0 Å². The molecule has 7 nitrogen and oxygen atoms in total. The summed E-state index contributed by atoms with van der Waals surface area (Å²) in [6.45, 7) is 4.10. The van der Waals surface area contributed by atoms with E-state index in [1.54, 1.807) is 0 Å². The van der Waals surface area contributed by atoms with E-state index in [1.807, 2.05) is 50.2 Å². The number of carbonyl (C=O) groups excluding carboxylic acids is 2. The van der Waals surface area contributed by atoms with Gasteiger partial charge in [-0.3, -0.25) is 4.79 Å². The number of aliphatic carboxylic acids is 1. The average molecular weight is 479 g/mol. The molecule has 0 aromatic heterocycles. The van der Waals surface area contributed by atoms with Crippen LogP contribution < -0.4 is 10.6 Å². The zero-order chi connectivity index (χ0) is 24.9. The van der Waals surface area contributed by atoms with Crippen LogP contribution in [0.1, 0.15) is 63.0 Å². The van der Waals surface area contributed by atoms with Gasteiger partial charge >= 0.3 is 12.1 Å². The number of amides is 2. The first kappa shape index (κ1) is 24.8. The number of hydrogen-bond donors (Lipinski definition) is 3. The zero-order valence-electron chi connectivity index (χ0n) is 20.3. The molecule has 1 fully saturated rings. The number of nitrogens with one attached hydrogen (secondary N) is 2. The van der Waals surface area contributed by atoms with Gasteiger partial charge in [-0.25, -0.2) is 9.59 Å². The Bertz CT molecular complexity index is 1040. The molecule has 186 valence electrons. The topological polar surface area (TPSA) is 105 Å². The molecule has 35 heavy (non-hydrogen) atoms. The van der Waals surface area contributed by atoms with Crippen LogP contribution >= 0.6 is 0 Å². The SMILES string of the molecule is CCC(C)CC(NC(=O)C(CC1CC1)NC(=O)OCC1c2ccccc2-c2ccccc21)C(=O)O. The van der Waals surface area contributed by atoms with Gasteiger partial charge in [0.05, 0.1) is 0 Å². The molecule has 0 saturated heterocycles. The Morgan fingerprint density at radius 1 is 0.971 bits per heavy atom. The molecule has 0 aliphatic heterocycles. The summed E-state index contributed by atoms with van der Waals surface area (Å²) in [5.74, 6) is -1.09. The van der Waals surface area contributed by atoms with Crippen molar-refractivity contribution in [3.63, 3.8) is 0 Å². The minimum Gasteiger partial charge on any atom is -0.480 e. The monoisotopic (exact) mass is 478 g/mol. The van der Waals surface area contributed by atoms with Crippen LogP contribution in [0.3, 0.4) is 0 Å². The Kier molecular flexibility index (Phi) is 7.73. The number of fused-ring (bicyclic) bond motifs is 3. The van der Waals surface area contributed by atoms with Crippen molar-refractivity contribution in [1.29, 1.82) is 0 Å². The maximum Gasteiger partial charge on any atom is 0.407 e. The number of rotatable bonds is 11. The van der Waals surface area contributed by atoms with Crippen molar-refractivity contribution in [2.75, 3.05) is 6.61 Å². The molecule has 2 amide bonds. The van der Waals surface area contributed by atoms with E-state index in [2.05, 4.69) is 22.8 Å². The lowest BCUT2D eigenvalue weighted by Gasteiger charge is -2.23. The zero-order valence-corrected chi connectivity index (χ0v) is 20.3. The van der Waals surface area contributed by atoms with Crippen LogP contribution in [0.2, 0.25) is 0 Å². The van der Waals surface area contributed by atoms with Crippen molar-refractivity contribution in [2.24, 2.45) is 11.8 Å². The molecule has 0 heterocycles. The van der Waals surface area contributed by atoms with Crippen molar-refractivity contribution in [3.8, 4) is 11.1 Å². The maximum absolute atomic E-state index is 13.0. The first-order valence-corrected chi connectivity index (χ1v) is 12.5. The molecule has 7 heteroatoms. The van der Waals surface area contributed by atoms with E-state index in [4.69, 9.17) is 4.74 Å². The fourth-order valence-electron chi connectivity index (χ4n) is 4.76. The largest absolute Gasteiger partial charge is 0.480 e. The van der Waals surface area contributed by atoms with Crippen molar-refractivity contribution >= 4 is 18.0 Å². The van der Waals surface area contributed by atoms with Crippen molar-refractivity contribution in [3.05, 3.63) is 59.7 Å². The van der Waals surface area contributed by atoms with Crippen LogP contribution in [0.4, 0.5) is 4.79 Å². The Morgan fingerprint density at radius 2 is 1.57 bits per heavy atom. The predicted octanol–water partition coefficient (Wildman–Crippen LogP) is 4.70. The Morgan fingerprint density at radius 3 is 2.11 bits per heavy atom. The van der Waals surface area contributed by atoms with Gasteiger partial charge in [-0.1, -0.05) is 81.6 Å². The summed E-state index contributed by atoms with van der Waals surface area (Å²) in [4.78, 5) is 37.4. The molecule has 4 rings (SSSR count). The first-order valence-electron chi connectivity index (χ1n) is 12.5. The van der Waals surface area contributed by atoms with Crippen LogP contribution in [0, 0.1) is 11.8 Å². The third kappa shape index (κ3) is 6.02. The first-order chi connectivity index (χ1) is 16.9. The summed E-state index contributed by atoms with van der Waals surface area (Å²) in [7, 11) is 0. The average Bonchev–Trinajstić information content (AvgIpc) is 3.62. The Labute approximate surface area is 206 Å². The van der Waals surface area contributed by atoms with Crippen LogP contribution in [-0.2, 0) is 14.3 Å². The second-order valence-corrected chi connectivity index (χ2v) is 9.85. The fraction of sp³-hybridized carbons (Fsp3) is 0.464. The van der Waals surface area contributed by atoms with Gasteiger partial charge in [-0.05, 0) is 46.9 Å². The highest BCUT2D eigenvalue weighted by Gasteiger charge is 2.34. The van der Waals surface area contributed by atoms with Crippen LogP contribution in [-0.4, -0.2) is 41.8 Å². The van der Waals surface area contributed by atoms with Crippen molar-refractivity contribution in [1.82, 2.24) is 10.6 Å². The third-order valence-electron chi connectivity index (χ3n) is 7.17. The lowest BCUT2D eigenvalue weighted by atomic mass is 9.98. The Hall–Kier alpha value is -3.35. The third-order valence-corrected chi connectivity index (χ3v) is 7.17. The van der Waals surface area contributed by atoms with Gasteiger partial charge in [0, 0.05) is 5.92 Å². The molecule has 2 aromatic rings. The molecule has 3 unspecified atom stereocenters. The lowest BCUT2D eigenvalue weighted by Crippen LogP contribution is -2.52. The molecular formula is C28H34N2O5. The van der Waals surface area contributed by atoms with Gasteiger partial charge in [-0.15, -0.1) is 0 Å². The Balaban J connectivity index is 1.39. The van der Waals surface area contributed by atoms with Gasteiger partial charge in [0.2, 0.25) is 5.91 Å². The van der Waals surface area contributed by atoms with E-state index in [9.17, 15) is 19.5 Å². The molecule has 2 aliphatic rings. The molecule has 1 saturated carbocycles. The highest BCUT2D eigenvalue weighted by molar-refractivity contribution is 5.89. The van der Waals surface area contributed by atoms with E-state index in [0.29, 0.717) is 18.8 Å². The molecule has 0 spiro atoms. The van der Waals surface area contributed by atoms with Crippen LogP contribution in [0.15, 0.2) is 48.5 Å². The van der Waals surface area contributed by atoms with Crippen LogP contribution in [0.5, 0.6) is 0 Å². The molecule has 0 bridgehead atoms. The van der Waals surface area contributed by atoms with Gasteiger partial charge < -0.3 is 20.5 Å². The number of carboxylic acids is 1. The number of hydrogen-bond acceptors (Lipinski definition) is 4. The van der Waals surface area contributed by atoms with Crippen molar-refractivity contribution < 1.29 is 24.2 Å². The molecule has 2 aliphatic carbocycles. The number of alkyl carbamates (subject to hydrolysis) is 1. The lowest BCUT2D eigenvalue weighted by molar-refractivity contribution is -0.142. The summed E-state index contributed by atoms with van der Waals surface area (Å²) in [6, 6.07) is 14.4. The van der Waals surface area contributed by atoms with Gasteiger partial charge in [0.1, 0.15) is 18.7 Å². The number of benzene rings is 2. The molecule has 3 N–H and O–H groups in total. The standard InChI is InChI=1S/C28H34N2O5/c1-3-17(2)14-25(27(32)33)29-26(31)24(15-18-12-13-18)30-28(34)35-16-23-21-10-6-4-8-19(21)20-9-5-7-11-22(20)23/h4-11,17-18,23-25H,3,12-16H2,1-2H3,(H,29,31)(H,30,34)(H,32,33). The maximum atomic E-state index is 13.0. The summed E-state index contributed by atoms with van der Waals surface area (Å²) >= 11 is 0. The molecular weight excluding hydrogens is 444 g/mol. The minimum absolute atomic E-state index is 0.0734. The van der Waals surface area contributed by atoms with Crippen LogP contribution in [0.25, 0.3) is 11.1 Å². The van der Waals surface area contributed by atoms with Gasteiger partial charge in [0.15, 0.2) is 0 Å². The quantitative estimate of drug-likeness (QED) is 0.434. The second-order valence-electron chi connectivity index (χ2n) is 9.85. The minimum atomic E-state index is -1.06. The van der Waals surface area contributed by atoms with Gasteiger partial charge in [0.25, 0.3) is 0 Å². The number of carbonyl (C=O) groups is 3. The highest BCUT2D eigenvalue weighted by Crippen LogP contribution is 2.44. The number of carboxylic acid groups (broad SMARTS) is 1. The molecule has 3 atom stereocenters. The highest BCUT2D eigenvalue weighted by atomic mass is 16.5. The van der Waals surface area contributed by atoms with Crippen molar-refractivity contribution in [2.45, 2.75) is 64.0 Å². The smallest absolute Gasteiger partial charge is 0.407 e. The summed E-state index contributed by atoms with van der Waals surface area (Å²) < 4.78 is 5.61. The van der Waals surface area contributed by atoms with E-state index in [0.717, 1.165) is 41.5 Å². The fourth-order valence-corrected chi connectivity index (χ4v) is 4.76. The van der Waals surface area contributed by atoms with E-state index in [-0.39, 0.29) is 18.4 Å². The molecule has 2 aromatic carbocycles. The van der Waals surface area contributed by atoms with E-state index in [1.165, 1.54) is 0 Å². The molecule has 0 radical (unpaired) electrons. The summed E-state index contributed by atoms with van der Waals surface area (Å²) in [5, 5.41) is 14.9. The predicted molar refractivity (Wildman–Crippen MR) is 133 cm³/mol. The number of ether oxygens (including phenoxy) is 1. The normalized spacial score (nSPS) is 17.0. The van der Waals surface area contributed by atoms with E-state index >= 15 is 0 Å². The van der Waals surface area contributed by atoms with E-state index < -0.39 is 30.1 Å². The summed E-state index contributed by atoms with van der Waals surface area (Å²) in [5.41, 5.74) is 4.51. The summed E-state index contributed by atoms with van der Waals surface area (Å²) in [6.07, 6.45) is 2.99. The second kappa shape index (κ2) is 10.9.